The van der Waals surface area contributed by atoms with Crippen molar-refractivity contribution in [2.75, 3.05) is 11.0 Å². The average molecular weight is 258 g/mol. The van der Waals surface area contributed by atoms with Crippen LogP contribution >= 0.6 is 22.6 Å². The van der Waals surface area contributed by atoms with Crippen LogP contribution in [0.1, 0.15) is 13.8 Å². The van der Waals surface area contributed by atoms with E-state index in [-0.39, 0.29) is 11.5 Å². The molecule has 0 saturated carbocycles. The molecular formula is C7H12FIO. The number of hydrogen-bond donors (Lipinski definition) is 0. The molecule has 0 N–H and O–H groups in total. The Bertz CT molecular complexity index is 127. The summed E-state index contributed by atoms with van der Waals surface area (Å²) in [7, 11) is 0. The lowest BCUT2D eigenvalue weighted by Gasteiger charge is -2.18. The molecule has 1 fully saturated rings. The van der Waals surface area contributed by atoms with E-state index in [4.69, 9.17) is 4.74 Å². The maximum Gasteiger partial charge on any atom is 0.134 e. The zero-order valence-corrected chi connectivity index (χ0v) is 8.39. The van der Waals surface area contributed by atoms with E-state index in [2.05, 4.69) is 22.6 Å². The SMILES string of the molecule is CC1(C)CO[C@H](CI)[C@@H]1F. The van der Waals surface area contributed by atoms with E-state index in [9.17, 15) is 4.39 Å². The van der Waals surface area contributed by atoms with E-state index in [1.807, 2.05) is 13.8 Å². The van der Waals surface area contributed by atoms with Crippen LogP contribution in [0.2, 0.25) is 0 Å². The highest BCUT2D eigenvalue weighted by molar-refractivity contribution is 14.1. The van der Waals surface area contributed by atoms with Crippen LogP contribution in [-0.2, 0) is 4.74 Å². The second kappa shape index (κ2) is 2.93. The summed E-state index contributed by atoms with van der Waals surface area (Å²) < 4.78 is 19.2. The van der Waals surface area contributed by atoms with Crippen LogP contribution in [0.5, 0.6) is 0 Å². The van der Waals surface area contributed by atoms with Gasteiger partial charge in [0.25, 0.3) is 0 Å². The lowest BCUT2D eigenvalue weighted by Crippen LogP contribution is -2.29. The minimum atomic E-state index is -0.788. The third-order valence-electron chi connectivity index (χ3n) is 1.89. The van der Waals surface area contributed by atoms with Gasteiger partial charge in [0.1, 0.15) is 6.17 Å². The Balaban J connectivity index is 2.58. The van der Waals surface area contributed by atoms with Gasteiger partial charge in [-0.1, -0.05) is 36.4 Å². The van der Waals surface area contributed by atoms with Crippen molar-refractivity contribution < 1.29 is 9.13 Å². The van der Waals surface area contributed by atoms with Gasteiger partial charge in [-0.15, -0.1) is 0 Å². The molecule has 1 saturated heterocycles. The van der Waals surface area contributed by atoms with Crippen molar-refractivity contribution in [1.29, 1.82) is 0 Å². The fourth-order valence-corrected chi connectivity index (χ4v) is 1.81. The minimum absolute atomic E-state index is 0.171. The van der Waals surface area contributed by atoms with Crippen molar-refractivity contribution in [2.45, 2.75) is 26.1 Å². The molecule has 1 aliphatic rings. The standard InChI is InChI=1S/C7H12FIO/c1-7(2)4-10-5(3-9)6(7)8/h5-6H,3-4H2,1-2H3/t5-,6+/m1/s1. The minimum Gasteiger partial charge on any atom is -0.374 e. The van der Waals surface area contributed by atoms with Crippen LogP contribution in [0, 0.1) is 5.41 Å². The first kappa shape index (κ1) is 8.71. The molecule has 0 aromatic rings. The number of hydrogen-bond acceptors (Lipinski definition) is 1. The molecule has 3 heteroatoms. The van der Waals surface area contributed by atoms with Crippen molar-refractivity contribution in [3.63, 3.8) is 0 Å². The summed E-state index contributed by atoms with van der Waals surface area (Å²) in [6, 6.07) is 0. The first-order valence-corrected chi connectivity index (χ1v) is 4.92. The van der Waals surface area contributed by atoms with Crippen molar-refractivity contribution in [3.05, 3.63) is 0 Å². The molecule has 1 heterocycles. The molecule has 0 amide bonds. The summed E-state index contributed by atoms with van der Waals surface area (Å²) in [6.07, 6.45) is -0.958. The van der Waals surface area contributed by atoms with Crippen molar-refractivity contribution in [2.24, 2.45) is 5.41 Å². The van der Waals surface area contributed by atoms with Crippen LogP contribution in [-0.4, -0.2) is 23.3 Å². The van der Waals surface area contributed by atoms with E-state index in [0.29, 0.717) is 6.61 Å². The molecule has 0 bridgehead atoms. The van der Waals surface area contributed by atoms with Gasteiger partial charge in [-0.3, -0.25) is 0 Å². The van der Waals surface area contributed by atoms with E-state index >= 15 is 0 Å². The number of alkyl halides is 2. The molecule has 1 rings (SSSR count). The van der Waals surface area contributed by atoms with Crippen LogP contribution in [0.3, 0.4) is 0 Å². The predicted molar refractivity (Wildman–Crippen MR) is 47.3 cm³/mol. The summed E-state index contributed by atoms with van der Waals surface area (Å²) in [4.78, 5) is 0. The smallest absolute Gasteiger partial charge is 0.134 e. The van der Waals surface area contributed by atoms with Gasteiger partial charge in [-0.05, 0) is 0 Å². The number of halogens is 2. The topological polar surface area (TPSA) is 9.23 Å². The lowest BCUT2D eigenvalue weighted by molar-refractivity contribution is 0.0984. The van der Waals surface area contributed by atoms with Crippen molar-refractivity contribution in [3.8, 4) is 0 Å². The molecule has 0 aliphatic carbocycles. The Morgan fingerprint density at radius 1 is 1.70 bits per heavy atom. The summed E-state index contributed by atoms with van der Waals surface area (Å²) >= 11 is 2.16. The van der Waals surface area contributed by atoms with Gasteiger partial charge < -0.3 is 4.74 Å². The Morgan fingerprint density at radius 2 is 2.30 bits per heavy atom. The van der Waals surface area contributed by atoms with Gasteiger partial charge in [0, 0.05) is 9.84 Å². The Hall–Kier alpha value is 0.620. The molecule has 2 atom stereocenters. The molecular weight excluding hydrogens is 246 g/mol. The first-order chi connectivity index (χ1) is 4.58. The molecule has 0 unspecified atom stereocenters. The zero-order valence-electron chi connectivity index (χ0n) is 6.23. The zero-order chi connectivity index (χ0) is 7.78. The Morgan fingerprint density at radius 3 is 2.50 bits per heavy atom. The Labute approximate surface area is 74.5 Å². The van der Waals surface area contributed by atoms with E-state index in [0.717, 1.165) is 4.43 Å². The van der Waals surface area contributed by atoms with Crippen LogP contribution in [0.15, 0.2) is 0 Å². The molecule has 0 aromatic heterocycles. The highest BCUT2D eigenvalue weighted by Gasteiger charge is 2.42. The van der Waals surface area contributed by atoms with Crippen LogP contribution in [0.4, 0.5) is 4.39 Å². The van der Waals surface area contributed by atoms with Gasteiger partial charge in [0.15, 0.2) is 0 Å². The maximum atomic E-state index is 13.2. The first-order valence-electron chi connectivity index (χ1n) is 3.39. The second-order valence-electron chi connectivity index (χ2n) is 3.39. The lowest BCUT2D eigenvalue weighted by atomic mass is 9.89. The Kier molecular flexibility index (Phi) is 2.55. The number of ether oxygens (including phenoxy) is 1. The van der Waals surface area contributed by atoms with E-state index < -0.39 is 6.17 Å². The van der Waals surface area contributed by atoms with Gasteiger partial charge >= 0.3 is 0 Å². The highest BCUT2D eigenvalue weighted by Crippen LogP contribution is 2.35. The van der Waals surface area contributed by atoms with Crippen LogP contribution in [0.25, 0.3) is 0 Å². The fourth-order valence-electron chi connectivity index (χ4n) is 1.11. The molecule has 60 valence electrons. The van der Waals surface area contributed by atoms with Gasteiger partial charge in [0.05, 0.1) is 12.7 Å². The predicted octanol–water partition coefficient (Wildman–Crippen LogP) is 2.18. The molecule has 0 spiro atoms. The highest BCUT2D eigenvalue weighted by atomic mass is 127. The third kappa shape index (κ3) is 1.44. The fraction of sp³-hybridized carbons (Fsp3) is 1.00. The van der Waals surface area contributed by atoms with Gasteiger partial charge in [0.2, 0.25) is 0 Å². The van der Waals surface area contributed by atoms with Crippen molar-refractivity contribution >= 4 is 22.6 Å². The van der Waals surface area contributed by atoms with Crippen molar-refractivity contribution in [1.82, 2.24) is 0 Å². The van der Waals surface area contributed by atoms with E-state index in [1.54, 1.807) is 0 Å². The second-order valence-corrected chi connectivity index (χ2v) is 4.27. The summed E-state index contributed by atoms with van der Waals surface area (Å²) in [6.45, 7) is 4.37. The van der Waals surface area contributed by atoms with Crippen LogP contribution < -0.4 is 0 Å². The quantitative estimate of drug-likeness (QED) is 0.517. The third-order valence-corrected chi connectivity index (χ3v) is 2.76. The normalized spacial score (nSPS) is 38.4. The molecule has 0 aromatic carbocycles. The molecule has 10 heavy (non-hydrogen) atoms. The van der Waals surface area contributed by atoms with Gasteiger partial charge in [-0.2, -0.15) is 0 Å². The molecule has 1 nitrogen and oxygen atoms in total. The largest absolute Gasteiger partial charge is 0.374 e. The average Bonchev–Trinajstić information content (AvgIpc) is 2.10. The summed E-state index contributed by atoms with van der Waals surface area (Å²) in [5.74, 6) is 0. The molecule has 1 aliphatic heterocycles. The summed E-state index contributed by atoms with van der Waals surface area (Å²) in [5.41, 5.74) is -0.268. The van der Waals surface area contributed by atoms with Gasteiger partial charge in [-0.25, -0.2) is 4.39 Å². The maximum absolute atomic E-state index is 13.2. The summed E-state index contributed by atoms with van der Waals surface area (Å²) in [5, 5.41) is 0. The molecule has 0 radical (unpaired) electrons. The monoisotopic (exact) mass is 258 g/mol. The number of rotatable bonds is 1. The van der Waals surface area contributed by atoms with E-state index in [1.165, 1.54) is 0 Å².